The number of hydrogen-bond acceptors (Lipinski definition) is 3. The SMILES string of the molecule is CCC(CCO)CNC(C)c1sccc1Br. The fraction of sp³-hybridized carbons (Fsp3) is 0.667. The summed E-state index contributed by atoms with van der Waals surface area (Å²) < 4.78 is 1.19. The molecule has 0 spiro atoms. The van der Waals surface area contributed by atoms with Crippen LogP contribution < -0.4 is 5.32 Å². The lowest BCUT2D eigenvalue weighted by Crippen LogP contribution is -2.25. The smallest absolute Gasteiger partial charge is 0.0434 e. The van der Waals surface area contributed by atoms with Gasteiger partial charge in [-0.2, -0.15) is 0 Å². The average molecular weight is 306 g/mol. The molecule has 0 fully saturated rings. The lowest BCUT2D eigenvalue weighted by Gasteiger charge is -2.18. The van der Waals surface area contributed by atoms with Gasteiger partial charge in [0.1, 0.15) is 0 Å². The second-order valence-electron chi connectivity index (χ2n) is 4.05. The molecule has 0 saturated carbocycles. The molecule has 0 bridgehead atoms. The van der Waals surface area contributed by atoms with E-state index in [4.69, 9.17) is 5.11 Å². The van der Waals surface area contributed by atoms with Crippen LogP contribution in [0.2, 0.25) is 0 Å². The predicted molar refractivity (Wildman–Crippen MR) is 73.9 cm³/mol. The van der Waals surface area contributed by atoms with Gasteiger partial charge < -0.3 is 10.4 Å². The Kier molecular flexibility index (Phi) is 6.58. The molecule has 0 aromatic carbocycles. The van der Waals surface area contributed by atoms with Crippen molar-refractivity contribution in [2.45, 2.75) is 32.7 Å². The molecular weight excluding hydrogens is 286 g/mol. The Morgan fingerprint density at radius 2 is 2.31 bits per heavy atom. The Balaban J connectivity index is 2.40. The molecule has 0 aliphatic heterocycles. The zero-order valence-electron chi connectivity index (χ0n) is 9.87. The molecule has 4 heteroatoms. The van der Waals surface area contributed by atoms with Gasteiger partial charge in [0.2, 0.25) is 0 Å². The van der Waals surface area contributed by atoms with E-state index in [9.17, 15) is 0 Å². The standard InChI is InChI=1S/C12H20BrNOS/c1-3-10(4-6-15)8-14-9(2)12-11(13)5-7-16-12/h5,7,9-10,14-15H,3-4,6,8H2,1-2H3. The van der Waals surface area contributed by atoms with Gasteiger partial charge >= 0.3 is 0 Å². The normalized spacial score (nSPS) is 15.0. The van der Waals surface area contributed by atoms with E-state index in [0.717, 1.165) is 19.4 Å². The Bertz CT molecular complexity index is 303. The first kappa shape index (κ1) is 14.2. The van der Waals surface area contributed by atoms with Crippen LogP contribution >= 0.6 is 27.3 Å². The molecule has 1 aromatic heterocycles. The predicted octanol–water partition coefficient (Wildman–Crippen LogP) is 3.57. The summed E-state index contributed by atoms with van der Waals surface area (Å²) in [6, 6.07) is 2.46. The van der Waals surface area contributed by atoms with Gasteiger partial charge in [0, 0.05) is 22.0 Å². The van der Waals surface area contributed by atoms with Crippen molar-refractivity contribution in [2.75, 3.05) is 13.2 Å². The molecule has 92 valence electrons. The average Bonchev–Trinajstić information content (AvgIpc) is 2.70. The molecular formula is C12H20BrNOS. The van der Waals surface area contributed by atoms with E-state index in [1.807, 2.05) is 0 Å². The first-order chi connectivity index (χ1) is 7.69. The number of hydrogen-bond donors (Lipinski definition) is 2. The minimum Gasteiger partial charge on any atom is -0.396 e. The van der Waals surface area contributed by atoms with Crippen LogP contribution in [-0.4, -0.2) is 18.3 Å². The van der Waals surface area contributed by atoms with Crippen LogP contribution in [0.25, 0.3) is 0 Å². The van der Waals surface area contributed by atoms with Gasteiger partial charge in [-0.25, -0.2) is 0 Å². The number of halogens is 1. The minimum absolute atomic E-state index is 0.289. The van der Waals surface area contributed by atoms with Gasteiger partial charge in [-0.1, -0.05) is 13.3 Å². The highest BCUT2D eigenvalue weighted by Gasteiger charge is 2.12. The van der Waals surface area contributed by atoms with Crippen molar-refractivity contribution >= 4 is 27.3 Å². The molecule has 0 aliphatic rings. The van der Waals surface area contributed by atoms with Crippen molar-refractivity contribution in [3.63, 3.8) is 0 Å². The maximum absolute atomic E-state index is 8.93. The molecule has 1 rings (SSSR count). The molecule has 2 unspecified atom stereocenters. The lowest BCUT2D eigenvalue weighted by atomic mass is 10.0. The molecule has 16 heavy (non-hydrogen) atoms. The summed E-state index contributed by atoms with van der Waals surface area (Å²) in [6.45, 7) is 5.62. The van der Waals surface area contributed by atoms with E-state index in [2.05, 4.69) is 46.5 Å². The monoisotopic (exact) mass is 305 g/mol. The van der Waals surface area contributed by atoms with Crippen LogP contribution in [0.1, 0.15) is 37.6 Å². The highest BCUT2D eigenvalue weighted by atomic mass is 79.9. The number of nitrogens with one attached hydrogen (secondary N) is 1. The van der Waals surface area contributed by atoms with E-state index in [1.165, 1.54) is 9.35 Å². The third-order valence-electron chi connectivity index (χ3n) is 2.87. The Morgan fingerprint density at radius 3 is 2.81 bits per heavy atom. The summed E-state index contributed by atoms with van der Waals surface area (Å²) in [5.41, 5.74) is 0. The summed E-state index contributed by atoms with van der Waals surface area (Å²) >= 11 is 5.32. The van der Waals surface area contributed by atoms with Gasteiger partial charge in [-0.05, 0) is 53.2 Å². The van der Waals surface area contributed by atoms with E-state index < -0.39 is 0 Å². The third-order valence-corrected chi connectivity index (χ3v) is 4.92. The molecule has 0 radical (unpaired) electrons. The lowest BCUT2D eigenvalue weighted by molar-refractivity contribution is 0.249. The van der Waals surface area contributed by atoms with Crippen molar-refractivity contribution in [2.24, 2.45) is 5.92 Å². The first-order valence-corrected chi connectivity index (χ1v) is 7.43. The molecule has 2 nitrogen and oxygen atoms in total. The van der Waals surface area contributed by atoms with Crippen molar-refractivity contribution in [1.82, 2.24) is 5.32 Å². The van der Waals surface area contributed by atoms with Crippen LogP contribution in [0, 0.1) is 5.92 Å². The molecule has 2 N–H and O–H groups in total. The van der Waals surface area contributed by atoms with Gasteiger partial charge in [0.15, 0.2) is 0 Å². The fourth-order valence-corrected chi connectivity index (χ4v) is 3.43. The Morgan fingerprint density at radius 1 is 1.56 bits per heavy atom. The van der Waals surface area contributed by atoms with Gasteiger partial charge in [0.05, 0.1) is 0 Å². The maximum atomic E-state index is 8.93. The summed E-state index contributed by atoms with van der Waals surface area (Å²) in [7, 11) is 0. The van der Waals surface area contributed by atoms with E-state index in [0.29, 0.717) is 12.0 Å². The number of aliphatic hydroxyl groups is 1. The van der Waals surface area contributed by atoms with Crippen LogP contribution in [0.15, 0.2) is 15.9 Å². The van der Waals surface area contributed by atoms with Gasteiger partial charge in [-0.3, -0.25) is 0 Å². The van der Waals surface area contributed by atoms with Gasteiger partial charge in [-0.15, -0.1) is 11.3 Å². The summed E-state index contributed by atoms with van der Waals surface area (Å²) in [4.78, 5) is 1.35. The molecule has 1 aromatic rings. The number of aliphatic hydroxyl groups excluding tert-OH is 1. The zero-order valence-corrected chi connectivity index (χ0v) is 12.3. The minimum atomic E-state index is 0.289. The first-order valence-electron chi connectivity index (χ1n) is 5.76. The third kappa shape index (κ3) is 4.17. The molecule has 0 amide bonds. The highest BCUT2D eigenvalue weighted by molar-refractivity contribution is 9.10. The van der Waals surface area contributed by atoms with Crippen LogP contribution in [0.5, 0.6) is 0 Å². The van der Waals surface area contributed by atoms with Crippen LogP contribution in [-0.2, 0) is 0 Å². The van der Waals surface area contributed by atoms with Crippen molar-refractivity contribution < 1.29 is 5.11 Å². The van der Waals surface area contributed by atoms with Crippen LogP contribution in [0.4, 0.5) is 0 Å². The summed E-state index contributed by atoms with van der Waals surface area (Å²) in [6.07, 6.45) is 2.01. The van der Waals surface area contributed by atoms with Crippen molar-refractivity contribution in [1.29, 1.82) is 0 Å². The topological polar surface area (TPSA) is 32.3 Å². The van der Waals surface area contributed by atoms with E-state index in [1.54, 1.807) is 11.3 Å². The summed E-state index contributed by atoms with van der Waals surface area (Å²) in [5, 5.41) is 14.6. The highest BCUT2D eigenvalue weighted by Crippen LogP contribution is 2.28. The number of thiophene rings is 1. The summed E-state index contributed by atoms with van der Waals surface area (Å²) in [5.74, 6) is 0.575. The van der Waals surface area contributed by atoms with Crippen molar-refractivity contribution in [3.05, 3.63) is 20.8 Å². The van der Waals surface area contributed by atoms with Crippen LogP contribution in [0.3, 0.4) is 0 Å². The van der Waals surface area contributed by atoms with Gasteiger partial charge in [0.25, 0.3) is 0 Å². The van der Waals surface area contributed by atoms with E-state index in [-0.39, 0.29) is 6.61 Å². The molecule has 0 aliphatic carbocycles. The quantitative estimate of drug-likeness (QED) is 0.807. The van der Waals surface area contributed by atoms with Crippen molar-refractivity contribution in [3.8, 4) is 0 Å². The Labute approximate surface area is 110 Å². The maximum Gasteiger partial charge on any atom is 0.0434 e. The molecule has 0 saturated heterocycles. The second-order valence-corrected chi connectivity index (χ2v) is 5.85. The number of rotatable bonds is 7. The largest absolute Gasteiger partial charge is 0.396 e. The second kappa shape index (κ2) is 7.43. The Hall–Kier alpha value is 0.100. The molecule has 2 atom stereocenters. The zero-order chi connectivity index (χ0) is 12.0. The molecule has 1 heterocycles. The fourth-order valence-electron chi connectivity index (χ4n) is 1.68. The van der Waals surface area contributed by atoms with E-state index >= 15 is 0 Å².